The Morgan fingerprint density at radius 3 is 2.80 bits per heavy atom. The smallest absolute Gasteiger partial charge is 0.387 e. The fourth-order valence-corrected chi connectivity index (χ4v) is 2.24. The molecule has 2 aromatic rings. The minimum Gasteiger partial charge on any atom is -0.493 e. The van der Waals surface area contributed by atoms with Crippen molar-refractivity contribution in [1.29, 1.82) is 0 Å². The van der Waals surface area contributed by atoms with Crippen LogP contribution in [0.25, 0.3) is 0 Å². The molecule has 1 aromatic carbocycles. The summed E-state index contributed by atoms with van der Waals surface area (Å²) in [6.07, 6.45) is 0. The first-order chi connectivity index (χ1) is 9.69. The van der Waals surface area contributed by atoms with Gasteiger partial charge in [-0.1, -0.05) is 6.07 Å². The quantitative estimate of drug-likeness (QED) is 0.853. The number of hydrogen-bond acceptors (Lipinski definition) is 5. The van der Waals surface area contributed by atoms with E-state index in [-0.39, 0.29) is 11.5 Å². The van der Waals surface area contributed by atoms with Crippen molar-refractivity contribution in [2.24, 2.45) is 0 Å². The maximum atomic E-state index is 12.3. The molecule has 0 unspecified atom stereocenters. The fourth-order valence-electron chi connectivity index (χ4n) is 1.68. The third-order valence-electron chi connectivity index (χ3n) is 2.56. The van der Waals surface area contributed by atoms with Crippen molar-refractivity contribution in [3.63, 3.8) is 0 Å². The molecule has 0 saturated carbocycles. The molecule has 1 heterocycles. The Morgan fingerprint density at radius 2 is 2.15 bits per heavy atom. The van der Waals surface area contributed by atoms with E-state index >= 15 is 0 Å². The van der Waals surface area contributed by atoms with Crippen LogP contribution in [-0.2, 0) is 13.1 Å². The highest BCUT2D eigenvalue weighted by molar-refractivity contribution is 7.07. The maximum absolute atomic E-state index is 12.3. The molecule has 20 heavy (non-hydrogen) atoms. The maximum Gasteiger partial charge on any atom is 0.387 e. The second-order valence-electron chi connectivity index (χ2n) is 3.95. The standard InChI is InChI=1S/C13H14F2N2O2S/c1-18-11-3-2-9(4-12(11)19-13(14)15)5-16-6-10-7-20-8-17-10/h2-4,7-8,13,16H,5-6H2,1H3. The van der Waals surface area contributed by atoms with Crippen molar-refractivity contribution in [1.82, 2.24) is 10.3 Å². The number of nitrogens with zero attached hydrogens (tertiary/aromatic N) is 1. The first-order valence-electron chi connectivity index (χ1n) is 5.88. The van der Waals surface area contributed by atoms with E-state index in [1.165, 1.54) is 18.4 Å². The number of alkyl halides is 2. The van der Waals surface area contributed by atoms with Crippen LogP contribution in [0.1, 0.15) is 11.3 Å². The zero-order chi connectivity index (χ0) is 14.4. The van der Waals surface area contributed by atoms with Gasteiger partial charge >= 0.3 is 6.61 Å². The number of thiazole rings is 1. The summed E-state index contributed by atoms with van der Waals surface area (Å²) in [6, 6.07) is 4.95. The predicted molar refractivity (Wildman–Crippen MR) is 72.3 cm³/mol. The lowest BCUT2D eigenvalue weighted by Gasteiger charge is -2.11. The number of aromatic nitrogens is 1. The van der Waals surface area contributed by atoms with Gasteiger partial charge in [0.05, 0.1) is 18.3 Å². The highest BCUT2D eigenvalue weighted by Crippen LogP contribution is 2.29. The molecule has 0 aliphatic rings. The molecule has 0 aliphatic heterocycles. The number of hydrogen-bond donors (Lipinski definition) is 1. The number of nitrogens with one attached hydrogen (secondary N) is 1. The Kier molecular flexibility index (Phi) is 5.25. The molecule has 0 radical (unpaired) electrons. The minimum absolute atomic E-state index is 0.0375. The van der Waals surface area contributed by atoms with Crippen LogP contribution in [0.4, 0.5) is 8.78 Å². The molecular formula is C13H14F2N2O2S. The minimum atomic E-state index is -2.87. The van der Waals surface area contributed by atoms with Gasteiger partial charge < -0.3 is 14.8 Å². The molecule has 4 nitrogen and oxygen atoms in total. The third-order valence-corrected chi connectivity index (χ3v) is 3.20. The molecule has 0 atom stereocenters. The van der Waals surface area contributed by atoms with Crippen molar-refractivity contribution in [3.05, 3.63) is 40.3 Å². The van der Waals surface area contributed by atoms with Crippen LogP contribution in [0.5, 0.6) is 11.5 Å². The highest BCUT2D eigenvalue weighted by Gasteiger charge is 2.11. The number of halogens is 2. The van der Waals surface area contributed by atoms with Gasteiger partial charge in [-0.25, -0.2) is 4.98 Å². The predicted octanol–water partition coefficient (Wildman–Crippen LogP) is 3.04. The Hall–Kier alpha value is -1.73. The van der Waals surface area contributed by atoms with E-state index < -0.39 is 6.61 Å². The lowest BCUT2D eigenvalue weighted by atomic mass is 10.2. The van der Waals surface area contributed by atoms with Crippen LogP contribution in [-0.4, -0.2) is 18.7 Å². The number of rotatable bonds is 7. The van der Waals surface area contributed by atoms with E-state index in [0.29, 0.717) is 13.1 Å². The Balaban J connectivity index is 1.97. The van der Waals surface area contributed by atoms with Crippen molar-refractivity contribution in [2.45, 2.75) is 19.7 Å². The SMILES string of the molecule is COc1ccc(CNCc2cscn2)cc1OC(F)F. The van der Waals surface area contributed by atoms with Crippen LogP contribution >= 0.6 is 11.3 Å². The highest BCUT2D eigenvalue weighted by atomic mass is 32.1. The van der Waals surface area contributed by atoms with Crippen molar-refractivity contribution < 1.29 is 18.3 Å². The lowest BCUT2D eigenvalue weighted by molar-refractivity contribution is -0.0512. The van der Waals surface area contributed by atoms with Crippen LogP contribution in [0.15, 0.2) is 29.1 Å². The normalized spacial score (nSPS) is 10.8. The average molecular weight is 300 g/mol. The molecule has 0 amide bonds. The largest absolute Gasteiger partial charge is 0.493 e. The van der Waals surface area contributed by atoms with Crippen LogP contribution in [0.3, 0.4) is 0 Å². The number of benzene rings is 1. The van der Waals surface area contributed by atoms with Gasteiger partial charge in [0.25, 0.3) is 0 Å². The summed E-state index contributed by atoms with van der Waals surface area (Å²) in [4.78, 5) is 4.14. The van der Waals surface area contributed by atoms with E-state index in [2.05, 4.69) is 15.0 Å². The summed E-state index contributed by atoms with van der Waals surface area (Å²) in [5, 5.41) is 5.13. The summed E-state index contributed by atoms with van der Waals surface area (Å²) >= 11 is 1.53. The molecule has 2 rings (SSSR count). The van der Waals surface area contributed by atoms with Crippen molar-refractivity contribution in [3.8, 4) is 11.5 Å². The molecule has 7 heteroatoms. The zero-order valence-corrected chi connectivity index (χ0v) is 11.6. The van der Waals surface area contributed by atoms with Crippen LogP contribution in [0.2, 0.25) is 0 Å². The zero-order valence-electron chi connectivity index (χ0n) is 10.8. The van der Waals surface area contributed by atoms with E-state index in [1.807, 2.05) is 5.38 Å². The summed E-state index contributed by atoms with van der Waals surface area (Å²) in [5.74, 6) is 0.323. The van der Waals surface area contributed by atoms with Gasteiger partial charge in [0.1, 0.15) is 0 Å². The third kappa shape index (κ3) is 4.14. The fraction of sp³-hybridized carbons (Fsp3) is 0.308. The average Bonchev–Trinajstić information content (AvgIpc) is 2.91. The van der Waals surface area contributed by atoms with Gasteiger partial charge in [-0.2, -0.15) is 8.78 Å². The molecule has 0 bridgehead atoms. The second-order valence-corrected chi connectivity index (χ2v) is 4.67. The summed E-state index contributed by atoms with van der Waals surface area (Å²) < 4.78 is 34.0. The van der Waals surface area contributed by atoms with Crippen LogP contribution in [0, 0.1) is 0 Å². The van der Waals surface area contributed by atoms with Gasteiger partial charge in [-0.05, 0) is 17.7 Å². The first kappa shape index (κ1) is 14.7. The van der Waals surface area contributed by atoms with E-state index in [9.17, 15) is 8.78 Å². The number of ether oxygens (including phenoxy) is 2. The molecule has 108 valence electrons. The monoisotopic (exact) mass is 300 g/mol. The van der Waals surface area contributed by atoms with E-state index in [1.54, 1.807) is 23.7 Å². The van der Waals surface area contributed by atoms with Gasteiger partial charge in [0, 0.05) is 18.5 Å². The molecule has 0 spiro atoms. The van der Waals surface area contributed by atoms with Gasteiger partial charge in [-0.15, -0.1) is 11.3 Å². The number of methoxy groups -OCH3 is 1. The van der Waals surface area contributed by atoms with Crippen LogP contribution < -0.4 is 14.8 Å². The Bertz CT molecular complexity index is 535. The second kappa shape index (κ2) is 7.16. The topological polar surface area (TPSA) is 43.4 Å². The van der Waals surface area contributed by atoms with Crippen molar-refractivity contribution >= 4 is 11.3 Å². The van der Waals surface area contributed by atoms with Crippen molar-refractivity contribution in [2.75, 3.05) is 7.11 Å². The summed E-state index contributed by atoms with van der Waals surface area (Å²) in [6.45, 7) is -1.72. The summed E-state index contributed by atoms with van der Waals surface area (Å²) in [5.41, 5.74) is 3.54. The van der Waals surface area contributed by atoms with E-state index in [0.717, 1.165) is 11.3 Å². The molecule has 1 aromatic heterocycles. The summed E-state index contributed by atoms with van der Waals surface area (Å²) in [7, 11) is 1.41. The Labute approximate surface area is 119 Å². The first-order valence-corrected chi connectivity index (χ1v) is 6.83. The lowest BCUT2D eigenvalue weighted by Crippen LogP contribution is -2.13. The molecule has 0 fully saturated rings. The van der Waals surface area contributed by atoms with Gasteiger partial charge in [0.15, 0.2) is 11.5 Å². The molecule has 1 N–H and O–H groups in total. The molecule has 0 aliphatic carbocycles. The van der Waals surface area contributed by atoms with Gasteiger partial charge in [0.2, 0.25) is 0 Å². The Morgan fingerprint density at radius 1 is 1.30 bits per heavy atom. The molecular weight excluding hydrogens is 286 g/mol. The van der Waals surface area contributed by atoms with Gasteiger partial charge in [-0.3, -0.25) is 0 Å². The van der Waals surface area contributed by atoms with E-state index in [4.69, 9.17) is 4.74 Å². The molecule has 0 saturated heterocycles.